The van der Waals surface area contributed by atoms with Crippen LogP contribution in [0.3, 0.4) is 0 Å². The molecular formula is C17H20F3N5O3S. The van der Waals surface area contributed by atoms with E-state index in [9.17, 15) is 27.1 Å². The van der Waals surface area contributed by atoms with Gasteiger partial charge in [0.25, 0.3) is 5.56 Å². The number of halogens is 3. The molecule has 0 saturated heterocycles. The van der Waals surface area contributed by atoms with E-state index < -0.39 is 28.0 Å². The lowest BCUT2D eigenvalue weighted by Crippen LogP contribution is -2.28. The van der Waals surface area contributed by atoms with Crippen LogP contribution in [-0.2, 0) is 19.8 Å². The van der Waals surface area contributed by atoms with Crippen molar-refractivity contribution < 1.29 is 22.3 Å². The number of anilines is 1. The van der Waals surface area contributed by atoms with Gasteiger partial charge in [0, 0.05) is 19.3 Å². The summed E-state index contributed by atoms with van der Waals surface area (Å²) in [6.07, 6.45) is -3.46. The Hall–Kier alpha value is -2.57. The first kappa shape index (κ1) is 21.1. The summed E-state index contributed by atoms with van der Waals surface area (Å²) in [6, 6.07) is 2.14. The summed E-state index contributed by atoms with van der Waals surface area (Å²) < 4.78 is 62.9. The van der Waals surface area contributed by atoms with Crippen molar-refractivity contribution in [2.75, 3.05) is 11.5 Å². The monoisotopic (exact) mass is 431 g/mol. The maximum Gasteiger partial charge on any atom is 0.431 e. The molecule has 0 aliphatic rings. The third kappa shape index (κ3) is 3.47. The van der Waals surface area contributed by atoms with Crippen molar-refractivity contribution in [3.05, 3.63) is 34.4 Å². The number of nitrogens with two attached hydrogens (primary N) is 1. The molecule has 0 amide bonds. The number of aryl methyl sites for hydroxylation is 1. The molecule has 0 aromatic carbocycles. The van der Waals surface area contributed by atoms with Gasteiger partial charge in [-0.1, -0.05) is 0 Å². The van der Waals surface area contributed by atoms with E-state index in [2.05, 4.69) is 9.97 Å². The highest BCUT2D eigenvalue weighted by Crippen LogP contribution is 2.51. The Balaban J connectivity index is 2.39. The molecule has 158 valence electrons. The Morgan fingerprint density at radius 1 is 1.24 bits per heavy atom. The van der Waals surface area contributed by atoms with Gasteiger partial charge in [-0.25, -0.2) is 9.97 Å². The number of imidazole rings is 1. The lowest BCUT2D eigenvalue weighted by molar-refractivity contribution is -0.144. The molecule has 0 spiro atoms. The summed E-state index contributed by atoms with van der Waals surface area (Å²) in [5, 5.41) is 0. The highest BCUT2D eigenvalue weighted by atomic mass is 32.3. The van der Waals surface area contributed by atoms with Crippen LogP contribution in [0.1, 0.15) is 19.5 Å². The highest BCUT2D eigenvalue weighted by molar-refractivity contribution is 8.24. The summed E-state index contributed by atoms with van der Waals surface area (Å²) in [6.45, 7) is 2.83. The van der Waals surface area contributed by atoms with Crippen LogP contribution >= 0.6 is 10.6 Å². The molecule has 3 rings (SSSR count). The van der Waals surface area contributed by atoms with Crippen LogP contribution in [0, 0.1) is 0 Å². The van der Waals surface area contributed by atoms with E-state index in [1.807, 2.05) is 0 Å². The molecule has 0 atom stereocenters. The molecule has 3 heterocycles. The van der Waals surface area contributed by atoms with Crippen molar-refractivity contribution in [2.24, 2.45) is 7.05 Å². The fraction of sp³-hybridized carbons (Fsp3) is 0.353. The number of nitrogens with zero attached hydrogens (tertiary/aromatic N) is 4. The van der Waals surface area contributed by atoms with E-state index in [1.54, 1.807) is 6.92 Å². The fourth-order valence-electron chi connectivity index (χ4n) is 3.11. The number of rotatable bonds is 4. The summed E-state index contributed by atoms with van der Waals surface area (Å²) >= 11 is 0. The van der Waals surface area contributed by atoms with Crippen molar-refractivity contribution in [3.8, 4) is 11.5 Å². The van der Waals surface area contributed by atoms with Crippen LogP contribution < -0.4 is 11.3 Å². The van der Waals surface area contributed by atoms with Gasteiger partial charge in [-0.05, 0) is 26.0 Å². The molecule has 4 N–H and O–H groups in total. The predicted octanol–water partition coefficient (Wildman–Crippen LogP) is 3.55. The second-order valence-electron chi connectivity index (χ2n) is 6.38. The maximum atomic E-state index is 13.4. The van der Waals surface area contributed by atoms with E-state index in [-0.39, 0.29) is 45.4 Å². The largest absolute Gasteiger partial charge is 0.431 e. The Labute approximate surface area is 165 Å². The molecule has 12 heteroatoms. The molecule has 29 heavy (non-hydrogen) atoms. The minimum absolute atomic E-state index is 0.0179. The number of hydrogen-bond acceptors (Lipinski definition) is 6. The quantitative estimate of drug-likeness (QED) is 0.581. The van der Waals surface area contributed by atoms with Crippen LogP contribution in [0.4, 0.5) is 18.9 Å². The van der Waals surface area contributed by atoms with Crippen LogP contribution in [0.25, 0.3) is 22.6 Å². The molecule has 3 aromatic heterocycles. The topological polar surface area (TPSA) is 119 Å². The van der Waals surface area contributed by atoms with Gasteiger partial charge in [0.1, 0.15) is 16.9 Å². The van der Waals surface area contributed by atoms with Gasteiger partial charge in [-0.15, -0.1) is 0 Å². The standard InChI is InChI=1S/C17H20F3N5O3S/c1-4-25-12(17(18,19)20)7-10-14(16(25)26)24(3)15(23-10)13-11(29(27,28)5-2)6-9(21)8-22-13/h6-8,27-28H,4-5,21H2,1-3H3. The summed E-state index contributed by atoms with van der Waals surface area (Å²) in [7, 11) is -1.81. The Morgan fingerprint density at radius 3 is 2.45 bits per heavy atom. The molecule has 8 nitrogen and oxygen atoms in total. The van der Waals surface area contributed by atoms with Gasteiger partial charge in [-0.3, -0.25) is 13.9 Å². The smallest absolute Gasteiger partial charge is 0.397 e. The van der Waals surface area contributed by atoms with Gasteiger partial charge >= 0.3 is 6.18 Å². The van der Waals surface area contributed by atoms with Crippen LogP contribution in [0.2, 0.25) is 0 Å². The van der Waals surface area contributed by atoms with Crippen molar-refractivity contribution in [3.63, 3.8) is 0 Å². The number of pyridine rings is 2. The zero-order chi connectivity index (χ0) is 21.7. The molecule has 3 aromatic rings. The molecular weight excluding hydrogens is 411 g/mol. The average Bonchev–Trinajstić information content (AvgIpc) is 2.97. The van der Waals surface area contributed by atoms with Crippen LogP contribution in [0.15, 0.2) is 28.0 Å². The van der Waals surface area contributed by atoms with E-state index >= 15 is 0 Å². The first-order valence-electron chi connectivity index (χ1n) is 8.61. The molecule has 0 unspecified atom stereocenters. The summed E-state index contributed by atoms with van der Waals surface area (Å²) in [4.78, 5) is 21.1. The predicted molar refractivity (Wildman–Crippen MR) is 105 cm³/mol. The first-order chi connectivity index (χ1) is 13.4. The minimum atomic E-state index is -4.73. The lowest BCUT2D eigenvalue weighted by Gasteiger charge is -2.32. The highest BCUT2D eigenvalue weighted by Gasteiger charge is 2.36. The Bertz CT molecular complexity index is 1150. The van der Waals surface area contributed by atoms with Crippen LogP contribution in [-0.4, -0.2) is 34.0 Å². The third-order valence-electron chi connectivity index (χ3n) is 4.58. The summed E-state index contributed by atoms with van der Waals surface area (Å²) in [5.74, 6) is 0.0122. The fourth-order valence-corrected chi connectivity index (χ4v) is 4.20. The zero-order valence-electron chi connectivity index (χ0n) is 15.9. The summed E-state index contributed by atoms with van der Waals surface area (Å²) in [5.41, 5.74) is 3.78. The van der Waals surface area contributed by atoms with Crippen molar-refractivity contribution in [1.29, 1.82) is 0 Å². The van der Waals surface area contributed by atoms with Gasteiger partial charge in [0.2, 0.25) is 0 Å². The van der Waals surface area contributed by atoms with Gasteiger partial charge in [0.15, 0.2) is 5.82 Å². The second-order valence-corrected chi connectivity index (χ2v) is 8.73. The number of fused-ring (bicyclic) bond motifs is 1. The third-order valence-corrected chi connectivity index (χ3v) is 6.40. The van der Waals surface area contributed by atoms with Gasteiger partial charge < -0.3 is 14.9 Å². The number of hydrogen-bond donors (Lipinski definition) is 3. The molecule has 0 fully saturated rings. The molecule has 0 aliphatic carbocycles. The second kappa shape index (κ2) is 7.04. The lowest BCUT2D eigenvalue weighted by atomic mass is 10.3. The van der Waals surface area contributed by atoms with Crippen molar-refractivity contribution in [2.45, 2.75) is 31.5 Å². The number of aromatic nitrogens is 4. The van der Waals surface area contributed by atoms with Crippen LogP contribution in [0.5, 0.6) is 0 Å². The molecule has 0 bridgehead atoms. The molecule has 0 saturated carbocycles. The van der Waals surface area contributed by atoms with E-state index in [0.717, 1.165) is 6.07 Å². The van der Waals surface area contributed by atoms with Gasteiger partial charge in [-0.2, -0.15) is 23.8 Å². The van der Waals surface area contributed by atoms with Crippen molar-refractivity contribution >= 4 is 27.3 Å². The molecule has 0 aliphatic heterocycles. The number of nitrogen functional groups attached to an aromatic ring is 1. The van der Waals surface area contributed by atoms with Crippen molar-refractivity contribution in [1.82, 2.24) is 19.1 Å². The van der Waals surface area contributed by atoms with E-state index in [0.29, 0.717) is 4.57 Å². The minimum Gasteiger partial charge on any atom is -0.397 e. The molecule has 0 radical (unpaired) electrons. The van der Waals surface area contributed by atoms with E-state index in [1.165, 1.54) is 30.8 Å². The SMILES string of the molecule is CCn1c(C(F)(F)F)cc2nc(-c3ncc(N)cc3S(O)(O)CC)n(C)c2c1=O. The van der Waals surface area contributed by atoms with E-state index in [4.69, 9.17) is 5.73 Å². The average molecular weight is 431 g/mol. The van der Waals surface area contributed by atoms with Gasteiger partial charge in [0.05, 0.1) is 22.3 Å². The Morgan fingerprint density at radius 2 is 1.90 bits per heavy atom. The number of alkyl halides is 3. The normalized spacial score (nSPS) is 13.2. The zero-order valence-corrected chi connectivity index (χ0v) is 16.7. The Kier molecular flexibility index (Phi) is 5.13. The first-order valence-corrected chi connectivity index (χ1v) is 10.3. The maximum absolute atomic E-state index is 13.4.